The van der Waals surface area contributed by atoms with E-state index in [1.54, 1.807) is 0 Å². The van der Waals surface area contributed by atoms with Crippen LogP contribution in [0, 0.1) is 0 Å². The molecule has 0 aliphatic heterocycles. The van der Waals surface area contributed by atoms with Gasteiger partial charge in [-0.15, -0.1) is 0 Å². The number of benzene rings is 10. The number of para-hydroxylation sites is 4. The van der Waals surface area contributed by atoms with E-state index in [4.69, 9.17) is 0 Å². The highest BCUT2D eigenvalue weighted by atomic mass is 15.2. The van der Waals surface area contributed by atoms with E-state index in [2.05, 4.69) is 251 Å². The standard InChI is InChI=1S/C56H39N3/c1-5-17-40(18-6-1)41-31-34-46(35-32-41)58(48-26-15-25-47(38-48)57(43-19-7-2-8-20-43)44-21-9-3-10-22-44)54-30-16-28-49-51(54)36-33-42-37-53-50-27-13-14-29-55(50)59(56(53)39-52(42)49)45-23-11-4-12-24-45/h1-39H. The molecule has 0 N–H and O–H groups in total. The van der Waals surface area contributed by atoms with Crippen molar-refractivity contribution < 1.29 is 0 Å². The Bertz CT molecular complexity index is 3210. The molecule has 0 radical (unpaired) electrons. The molecule has 0 fully saturated rings. The van der Waals surface area contributed by atoms with Gasteiger partial charge in [-0.25, -0.2) is 0 Å². The maximum absolute atomic E-state index is 2.42. The lowest BCUT2D eigenvalue weighted by atomic mass is 9.98. The summed E-state index contributed by atoms with van der Waals surface area (Å²) in [4.78, 5) is 4.74. The van der Waals surface area contributed by atoms with E-state index in [1.807, 2.05) is 0 Å². The first-order valence-corrected chi connectivity index (χ1v) is 20.2. The Labute approximate surface area is 343 Å². The molecule has 0 spiro atoms. The Balaban J connectivity index is 1.13. The Hall–Kier alpha value is -7.88. The van der Waals surface area contributed by atoms with Crippen molar-refractivity contribution in [3.8, 4) is 16.8 Å². The third-order valence-corrected chi connectivity index (χ3v) is 11.5. The van der Waals surface area contributed by atoms with Gasteiger partial charge in [-0.05, 0) is 118 Å². The summed E-state index contributed by atoms with van der Waals surface area (Å²) in [6.07, 6.45) is 0. The fourth-order valence-corrected chi connectivity index (χ4v) is 8.82. The minimum Gasteiger partial charge on any atom is -0.310 e. The molecule has 3 heteroatoms. The smallest absolute Gasteiger partial charge is 0.0547 e. The van der Waals surface area contributed by atoms with Gasteiger partial charge >= 0.3 is 0 Å². The van der Waals surface area contributed by atoms with Crippen molar-refractivity contribution in [3.63, 3.8) is 0 Å². The molecule has 0 bridgehead atoms. The van der Waals surface area contributed by atoms with Gasteiger partial charge in [-0.2, -0.15) is 0 Å². The average Bonchev–Trinajstić information content (AvgIpc) is 3.63. The largest absolute Gasteiger partial charge is 0.310 e. The molecule has 11 aromatic rings. The molecule has 11 rings (SSSR count). The second kappa shape index (κ2) is 14.6. The van der Waals surface area contributed by atoms with Crippen molar-refractivity contribution >= 4 is 77.5 Å². The van der Waals surface area contributed by atoms with Crippen molar-refractivity contribution in [1.29, 1.82) is 0 Å². The number of hydrogen-bond acceptors (Lipinski definition) is 2. The second-order valence-electron chi connectivity index (χ2n) is 15.0. The van der Waals surface area contributed by atoms with Crippen LogP contribution in [0.2, 0.25) is 0 Å². The van der Waals surface area contributed by atoms with Gasteiger partial charge in [0.2, 0.25) is 0 Å². The molecule has 3 nitrogen and oxygen atoms in total. The molecule has 1 aromatic heterocycles. The fourth-order valence-electron chi connectivity index (χ4n) is 8.82. The predicted octanol–water partition coefficient (Wildman–Crippen LogP) is 15.7. The molecule has 59 heavy (non-hydrogen) atoms. The number of nitrogens with zero attached hydrogens (tertiary/aromatic N) is 3. The van der Waals surface area contributed by atoms with E-state index in [9.17, 15) is 0 Å². The van der Waals surface area contributed by atoms with Crippen molar-refractivity contribution in [1.82, 2.24) is 4.57 Å². The summed E-state index contributed by atoms with van der Waals surface area (Å²) >= 11 is 0. The van der Waals surface area contributed by atoms with Gasteiger partial charge in [0.05, 0.1) is 16.7 Å². The highest BCUT2D eigenvalue weighted by molar-refractivity contribution is 6.20. The minimum atomic E-state index is 1.07. The molecule has 0 aliphatic rings. The molecular formula is C56H39N3. The highest BCUT2D eigenvalue weighted by Gasteiger charge is 2.20. The Morgan fingerprint density at radius 3 is 1.53 bits per heavy atom. The molecule has 0 saturated carbocycles. The molecule has 10 aromatic carbocycles. The fraction of sp³-hybridized carbons (Fsp3) is 0. The molecule has 0 atom stereocenters. The zero-order valence-corrected chi connectivity index (χ0v) is 32.4. The maximum Gasteiger partial charge on any atom is 0.0547 e. The van der Waals surface area contributed by atoms with E-state index in [1.165, 1.54) is 54.5 Å². The number of anilines is 6. The summed E-state index contributed by atoms with van der Waals surface area (Å²) in [6, 6.07) is 85.3. The molecule has 0 amide bonds. The van der Waals surface area contributed by atoms with Gasteiger partial charge in [-0.3, -0.25) is 0 Å². The van der Waals surface area contributed by atoms with Gasteiger partial charge in [-0.1, -0.05) is 146 Å². The lowest BCUT2D eigenvalue weighted by Crippen LogP contribution is -2.13. The van der Waals surface area contributed by atoms with Gasteiger partial charge in [0.1, 0.15) is 0 Å². The van der Waals surface area contributed by atoms with E-state index < -0.39 is 0 Å². The number of aromatic nitrogens is 1. The van der Waals surface area contributed by atoms with Crippen LogP contribution in [0.5, 0.6) is 0 Å². The average molecular weight is 754 g/mol. The van der Waals surface area contributed by atoms with Crippen LogP contribution in [0.15, 0.2) is 237 Å². The molecule has 0 aliphatic carbocycles. The quantitative estimate of drug-likeness (QED) is 0.143. The zero-order chi connectivity index (χ0) is 39.1. The summed E-state index contributed by atoms with van der Waals surface area (Å²) in [7, 11) is 0. The Morgan fingerprint density at radius 1 is 0.271 bits per heavy atom. The predicted molar refractivity (Wildman–Crippen MR) is 251 cm³/mol. The van der Waals surface area contributed by atoms with Crippen LogP contribution in [-0.4, -0.2) is 4.57 Å². The topological polar surface area (TPSA) is 11.4 Å². The summed E-state index contributed by atoms with van der Waals surface area (Å²) < 4.78 is 2.41. The van der Waals surface area contributed by atoms with Crippen LogP contribution in [0.4, 0.5) is 34.1 Å². The van der Waals surface area contributed by atoms with Crippen LogP contribution in [0.1, 0.15) is 0 Å². The van der Waals surface area contributed by atoms with Crippen molar-refractivity contribution in [3.05, 3.63) is 237 Å². The minimum absolute atomic E-state index is 1.07. The van der Waals surface area contributed by atoms with E-state index >= 15 is 0 Å². The Morgan fingerprint density at radius 2 is 0.814 bits per heavy atom. The SMILES string of the molecule is c1ccc(-c2ccc(N(c3cccc(N(c4ccccc4)c4ccccc4)c3)c3cccc4c3ccc3cc5c6ccccc6n(-c6ccccc6)c5cc34)cc2)cc1. The first-order chi connectivity index (χ1) is 29.3. The van der Waals surface area contributed by atoms with Gasteiger partial charge in [0.15, 0.2) is 0 Å². The second-order valence-corrected chi connectivity index (χ2v) is 15.0. The number of rotatable bonds is 8. The third-order valence-electron chi connectivity index (χ3n) is 11.5. The normalized spacial score (nSPS) is 11.4. The number of hydrogen-bond donors (Lipinski definition) is 0. The summed E-state index contributed by atoms with van der Waals surface area (Å²) in [5.41, 5.74) is 12.5. The molecule has 278 valence electrons. The van der Waals surface area contributed by atoms with Gasteiger partial charge in [0.25, 0.3) is 0 Å². The Kier molecular flexibility index (Phi) is 8.49. The first kappa shape index (κ1) is 34.4. The molecular weight excluding hydrogens is 715 g/mol. The number of fused-ring (bicyclic) bond motifs is 6. The molecule has 0 unspecified atom stereocenters. The monoisotopic (exact) mass is 753 g/mol. The van der Waals surface area contributed by atoms with Crippen molar-refractivity contribution in [2.75, 3.05) is 9.80 Å². The van der Waals surface area contributed by atoms with Crippen LogP contribution in [0.25, 0.3) is 60.2 Å². The summed E-state index contributed by atoms with van der Waals surface area (Å²) in [5, 5.41) is 7.36. The molecule has 1 heterocycles. The molecule has 0 saturated heterocycles. The van der Waals surface area contributed by atoms with Crippen LogP contribution < -0.4 is 9.80 Å². The van der Waals surface area contributed by atoms with E-state index in [0.29, 0.717) is 0 Å². The van der Waals surface area contributed by atoms with Crippen LogP contribution in [0.3, 0.4) is 0 Å². The zero-order valence-electron chi connectivity index (χ0n) is 32.4. The lowest BCUT2D eigenvalue weighted by Gasteiger charge is -2.30. The lowest BCUT2D eigenvalue weighted by molar-refractivity contribution is 1.18. The van der Waals surface area contributed by atoms with Gasteiger partial charge in [0, 0.05) is 50.3 Å². The van der Waals surface area contributed by atoms with E-state index in [-0.39, 0.29) is 0 Å². The maximum atomic E-state index is 2.42. The van der Waals surface area contributed by atoms with Gasteiger partial charge < -0.3 is 14.4 Å². The van der Waals surface area contributed by atoms with Crippen LogP contribution >= 0.6 is 0 Å². The van der Waals surface area contributed by atoms with Crippen molar-refractivity contribution in [2.45, 2.75) is 0 Å². The van der Waals surface area contributed by atoms with Crippen LogP contribution in [-0.2, 0) is 0 Å². The van der Waals surface area contributed by atoms with Crippen molar-refractivity contribution in [2.24, 2.45) is 0 Å². The first-order valence-electron chi connectivity index (χ1n) is 20.2. The highest BCUT2D eigenvalue weighted by Crippen LogP contribution is 2.45. The van der Waals surface area contributed by atoms with E-state index in [0.717, 1.165) is 39.8 Å². The summed E-state index contributed by atoms with van der Waals surface area (Å²) in [6.45, 7) is 0. The summed E-state index contributed by atoms with van der Waals surface area (Å²) in [5.74, 6) is 0. The third kappa shape index (κ3) is 6.08.